The predicted molar refractivity (Wildman–Crippen MR) is 55.7 cm³/mol. The predicted octanol–water partition coefficient (Wildman–Crippen LogP) is 1.71. The van der Waals surface area contributed by atoms with Crippen LogP contribution in [0.1, 0.15) is 24.4 Å². The third-order valence-corrected chi connectivity index (χ3v) is 2.26. The summed E-state index contributed by atoms with van der Waals surface area (Å²) in [6, 6.07) is 1.58. The van der Waals surface area contributed by atoms with Crippen LogP contribution < -0.4 is 5.73 Å². The van der Waals surface area contributed by atoms with Crippen LogP contribution in [0.15, 0.2) is 22.9 Å². The third-order valence-electron chi connectivity index (χ3n) is 1.82. The highest BCUT2D eigenvalue weighted by atomic mass is 79.9. The molecule has 0 fully saturated rings. The van der Waals surface area contributed by atoms with Crippen molar-refractivity contribution in [3.8, 4) is 0 Å². The SMILES string of the molecule is NC(CCC(=O)O)c1cncc(Br)c1. The second-order valence-electron chi connectivity index (χ2n) is 2.98. The van der Waals surface area contributed by atoms with E-state index in [9.17, 15) is 4.79 Å². The first-order chi connectivity index (χ1) is 6.59. The number of carbonyl (C=O) groups is 1. The summed E-state index contributed by atoms with van der Waals surface area (Å²) in [6.07, 6.45) is 3.81. The first-order valence-electron chi connectivity index (χ1n) is 4.17. The normalized spacial score (nSPS) is 12.4. The summed E-state index contributed by atoms with van der Waals surface area (Å²) in [4.78, 5) is 14.3. The van der Waals surface area contributed by atoms with Gasteiger partial charge in [0.25, 0.3) is 0 Å². The number of pyridine rings is 1. The minimum absolute atomic E-state index is 0.0771. The van der Waals surface area contributed by atoms with Crippen LogP contribution in [0.25, 0.3) is 0 Å². The van der Waals surface area contributed by atoms with Crippen molar-refractivity contribution in [3.63, 3.8) is 0 Å². The first kappa shape index (κ1) is 11.1. The van der Waals surface area contributed by atoms with Gasteiger partial charge in [-0.05, 0) is 34.0 Å². The number of aromatic nitrogens is 1. The summed E-state index contributed by atoms with van der Waals surface area (Å²) in [5.74, 6) is -0.830. The van der Waals surface area contributed by atoms with Crippen molar-refractivity contribution in [2.45, 2.75) is 18.9 Å². The van der Waals surface area contributed by atoms with E-state index in [4.69, 9.17) is 10.8 Å². The standard InChI is InChI=1S/C9H11BrN2O2/c10-7-3-6(4-12-5-7)8(11)1-2-9(13)14/h3-5,8H,1-2,11H2,(H,13,14). The Kier molecular flexibility index (Phi) is 4.03. The topological polar surface area (TPSA) is 76.2 Å². The van der Waals surface area contributed by atoms with Crippen LogP contribution in [-0.2, 0) is 4.79 Å². The molecule has 0 aromatic carbocycles. The van der Waals surface area contributed by atoms with Crippen LogP contribution in [-0.4, -0.2) is 16.1 Å². The molecule has 0 aliphatic rings. The van der Waals surface area contributed by atoms with Gasteiger partial charge in [0.2, 0.25) is 0 Å². The molecule has 14 heavy (non-hydrogen) atoms. The maximum atomic E-state index is 10.3. The molecule has 1 aromatic heterocycles. The van der Waals surface area contributed by atoms with E-state index >= 15 is 0 Å². The second-order valence-corrected chi connectivity index (χ2v) is 3.89. The van der Waals surface area contributed by atoms with Gasteiger partial charge in [0.15, 0.2) is 0 Å². The molecule has 1 unspecified atom stereocenters. The number of rotatable bonds is 4. The fourth-order valence-corrected chi connectivity index (χ4v) is 1.46. The van der Waals surface area contributed by atoms with Crippen molar-refractivity contribution >= 4 is 21.9 Å². The molecular weight excluding hydrogens is 248 g/mol. The lowest BCUT2D eigenvalue weighted by Crippen LogP contribution is -2.12. The molecule has 0 spiro atoms. The summed E-state index contributed by atoms with van der Waals surface area (Å²) >= 11 is 3.28. The average molecular weight is 259 g/mol. The van der Waals surface area contributed by atoms with E-state index in [1.54, 1.807) is 12.4 Å². The molecule has 0 aliphatic carbocycles. The van der Waals surface area contributed by atoms with Gasteiger partial charge >= 0.3 is 5.97 Å². The van der Waals surface area contributed by atoms with E-state index in [1.165, 1.54) is 0 Å². The minimum atomic E-state index is -0.830. The summed E-state index contributed by atoms with van der Waals surface area (Å²) in [6.45, 7) is 0. The molecule has 0 aliphatic heterocycles. The summed E-state index contributed by atoms with van der Waals surface area (Å²) in [7, 11) is 0. The maximum Gasteiger partial charge on any atom is 0.303 e. The van der Waals surface area contributed by atoms with Gasteiger partial charge in [-0.2, -0.15) is 0 Å². The van der Waals surface area contributed by atoms with E-state index in [2.05, 4.69) is 20.9 Å². The monoisotopic (exact) mass is 258 g/mol. The van der Waals surface area contributed by atoms with Gasteiger partial charge in [-0.3, -0.25) is 9.78 Å². The van der Waals surface area contributed by atoms with Crippen molar-refractivity contribution in [1.29, 1.82) is 0 Å². The number of carboxylic acid groups (broad SMARTS) is 1. The lowest BCUT2D eigenvalue weighted by Gasteiger charge is -2.09. The number of aliphatic carboxylic acids is 1. The van der Waals surface area contributed by atoms with Gasteiger partial charge < -0.3 is 10.8 Å². The molecule has 1 heterocycles. The van der Waals surface area contributed by atoms with Crippen molar-refractivity contribution < 1.29 is 9.90 Å². The summed E-state index contributed by atoms with van der Waals surface area (Å²) in [5.41, 5.74) is 6.64. The molecule has 1 aromatic rings. The second kappa shape index (κ2) is 5.07. The van der Waals surface area contributed by atoms with Crippen molar-refractivity contribution in [2.24, 2.45) is 5.73 Å². The zero-order valence-corrected chi connectivity index (χ0v) is 9.07. The van der Waals surface area contributed by atoms with Gasteiger partial charge in [-0.15, -0.1) is 0 Å². The number of hydrogen-bond donors (Lipinski definition) is 2. The van der Waals surface area contributed by atoms with E-state index in [0.29, 0.717) is 6.42 Å². The number of hydrogen-bond acceptors (Lipinski definition) is 3. The Bertz CT molecular complexity index is 330. The van der Waals surface area contributed by atoms with Crippen molar-refractivity contribution in [2.75, 3.05) is 0 Å². The highest BCUT2D eigenvalue weighted by Crippen LogP contribution is 2.18. The smallest absolute Gasteiger partial charge is 0.303 e. The van der Waals surface area contributed by atoms with Gasteiger partial charge in [0.1, 0.15) is 0 Å². The quantitative estimate of drug-likeness (QED) is 0.862. The number of halogens is 1. The Morgan fingerprint density at radius 2 is 2.36 bits per heavy atom. The van der Waals surface area contributed by atoms with Gasteiger partial charge in [-0.1, -0.05) is 0 Å². The summed E-state index contributed by atoms with van der Waals surface area (Å²) in [5, 5.41) is 8.48. The van der Waals surface area contributed by atoms with Gasteiger partial charge in [-0.25, -0.2) is 0 Å². The zero-order chi connectivity index (χ0) is 10.6. The van der Waals surface area contributed by atoms with Crippen molar-refractivity contribution in [1.82, 2.24) is 4.98 Å². The first-order valence-corrected chi connectivity index (χ1v) is 4.96. The molecule has 0 bridgehead atoms. The molecule has 0 saturated heterocycles. The Hall–Kier alpha value is -0.940. The molecule has 4 nitrogen and oxygen atoms in total. The molecular formula is C9H11BrN2O2. The molecule has 0 saturated carbocycles. The Balaban J connectivity index is 2.60. The van der Waals surface area contributed by atoms with E-state index in [1.807, 2.05) is 6.07 Å². The number of carboxylic acids is 1. The number of nitrogens with zero attached hydrogens (tertiary/aromatic N) is 1. The van der Waals surface area contributed by atoms with Crippen LogP contribution in [0.3, 0.4) is 0 Å². The zero-order valence-electron chi connectivity index (χ0n) is 7.48. The Labute approximate surface area is 90.3 Å². The third kappa shape index (κ3) is 3.43. The molecule has 76 valence electrons. The van der Waals surface area contributed by atoms with Crippen LogP contribution in [0.4, 0.5) is 0 Å². The average Bonchev–Trinajstić information content (AvgIpc) is 2.14. The highest BCUT2D eigenvalue weighted by molar-refractivity contribution is 9.10. The lowest BCUT2D eigenvalue weighted by molar-refractivity contribution is -0.137. The van der Waals surface area contributed by atoms with Crippen LogP contribution in [0.2, 0.25) is 0 Å². The largest absolute Gasteiger partial charge is 0.481 e. The Morgan fingerprint density at radius 3 is 2.93 bits per heavy atom. The molecule has 3 N–H and O–H groups in total. The highest BCUT2D eigenvalue weighted by Gasteiger charge is 2.08. The van der Waals surface area contributed by atoms with E-state index in [0.717, 1.165) is 10.0 Å². The summed E-state index contributed by atoms with van der Waals surface area (Å²) < 4.78 is 0.848. The number of nitrogens with two attached hydrogens (primary N) is 1. The fourth-order valence-electron chi connectivity index (χ4n) is 1.08. The van der Waals surface area contributed by atoms with Gasteiger partial charge in [0, 0.05) is 29.3 Å². The van der Waals surface area contributed by atoms with Crippen LogP contribution in [0, 0.1) is 0 Å². The maximum absolute atomic E-state index is 10.3. The van der Waals surface area contributed by atoms with Crippen LogP contribution >= 0.6 is 15.9 Å². The molecule has 1 rings (SSSR count). The minimum Gasteiger partial charge on any atom is -0.481 e. The fraction of sp³-hybridized carbons (Fsp3) is 0.333. The molecule has 5 heteroatoms. The molecule has 0 radical (unpaired) electrons. The Morgan fingerprint density at radius 1 is 1.64 bits per heavy atom. The molecule has 1 atom stereocenters. The van der Waals surface area contributed by atoms with Crippen LogP contribution in [0.5, 0.6) is 0 Å². The van der Waals surface area contributed by atoms with E-state index in [-0.39, 0.29) is 12.5 Å². The van der Waals surface area contributed by atoms with E-state index < -0.39 is 5.97 Å². The van der Waals surface area contributed by atoms with Gasteiger partial charge in [0.05, 0.1) is 0 Å². The van der Waals surface area contributed by atoms with Crippen molar-refractivity contribution in [3.05, 3.63) is 28.5 Å². The molecule has 0 amide bonds. The lowest BCUT2D eigenvalue weighted by atomic mass is 10.1.